The van der Waals surface area contributed by atoms with Crippen molar-refractivity contribution in [1.29, 1.82) is 0 Å². The number of hydrogen-bond donors (Lipinski definition) is 0. The topological polar surface area (TPSA) is 20.3 Å². The van der Waals surface area contributed by atoms with Crippen molar-refractivity contribution in [3.63, 3.8) is 0 Å². The highest BCUT2D eigenvalue weighted by atomic mass is 35.5. The van der Waals surface area contributed by atoms with E-state index in [-0.39, 0.29) is 5.78 Å². The van der Waals surface area contributed by atoms with E-state index in [9.17, 15) is 4.79 Å². The summed E-state index contributed by atoms with van der Waals surface area (Å²) in [7, 11) is 0. The third-order valence-electron chi connectivity index (χ3n) is 3.55. The van der Waals surface area contributed by atoms with Gasteiger partial charge in [-0.25, -0.2) is 0 Å². The Hall–Kier alpha value is -1.02. The van der Waals surface area contributed by atoms with E-state index in [2.05, 4.69) is 4.90 Å². The van der Waals surface area contributed by atoms with Crippen LogP contribution < -0.4 is 4.90 Å². The molecule has 0 bridgehead atoms. The maximum atomic E-state index is 11.3. The average molecular weight is 266 g/mol. The van der Waals surface area contributed by atoms with Crippen LogP contribution in [-0.2, 0) is 0 Å². The molecule has 1 aliphatic heterocycles. The molecule has 0 N–H and O–H groups in total. The van der Waals surface area contributed by atoms with E-state index >= 15 is 0 Å². The predicted molar refractivity (Wildman–Crippen MR) is 76.8 cm³/mol. The van der Waals surface area contributed by atoms with Crippen LogP contribution in [0.3, 0.4) is 0 Å². The molecule has 1 aliphatic rings. The van der Waals surface area contributed by atoms with Crippen molar-refractivity contribution in [1.82, 2.24) is 0 Å². The maximum absolute atomic E-state index is 11.3. The number of anilines is 1. The van der Waals surface area contributed by atoms with E-state index in [1.165, 1.54) is 32.1 Å². The second-order valence-corrected chi connectivity index (χ2v) is 5.38. The molecular weight excluding hydrogens is 246 g/mol. The van der Waals surface area contributed by atoms with Crippen LogP contribution in [0.15, 0.2) is 18.2 Å². The minimum atomic E-state index is 0.0658. The fourth-order valence-corrected chi connectivity index (χ4v) is 2.77. The van der Waals surface area contributed by atoms with Crippen LogP contribution in [0.4, 0.5) is 5.69 Å². The second-order valence-electron chi connectivity index (χ2n) is 4.98. The molecule has 1 aromatic rings. The lowest BCUT2D eigenvalue weighted by molar-refractivity contribution is 0.101. The van der Waals surface area contributed by atoms with Crippen LogP contribution in [-0.4, -0.2) is 18.9 Å². The summed E-state index contributed by atoms with van der Waals surface area (Å²) in [6.45, 7) is 3.71. The number of carbonyl (C=O) groups is 1. The smallest absolute Gasteiger partial charge is 0.159 e. The van der Waals surface area contributed by atoms with Crippen LogP contribution in [0.25, 0.3) is 0 Å². The molecule has 2 rings (SSSR count). The predicted octanol–water partition coefficient (Wildman–Crippen LogP) is 4.31. The fraction of sp³-hybridized carbons (Fsp3) is 0.533. The van der Waals surface area contributed by atoms with Gasteiger partial charge in [-0.2, -0.15) is 0 Å². The van der Waals surface area contributed by atoms with Crippen molar-refractivity contribution in [2.75, 3.05) is 18.0 Å². The van der Waals surface area contributed by atoms with Crippen LogP contribution in [0.5, 0.6) is 0 Å². The van der Waals surface area contributed by atoms with Gasteiger partial charge in [0.1, 0.15) is 0 Å². The summed E-state index contributed by atoms with van der Waals surface area (Å²) >= 11 is 6.31. The van der Waals surface area contributed by atoms with Gasteiger partial charge < -0.3 is 4.90 Å². The van der Waals surface area contributed by atoms with E-state index in [1.807, 2.05) is 12.1 Å². The summed E-state index contributed by atoms with van der Waals surface area (Å²) in [4.78, 5) is 13.7. The minimum absolute atomic E-state index is 0.0658. The molecule has 0 saturated carbocycles. The highest BCUT2D eigenvalue weighted by Gasteiger charge is 2.13. The lowest BCUT2D eigenvalue weighted by Crippen LogP contribution is -2.27. The Kier molecular flexibility index (Phi) is 4.65. The number of carbonyl (C=O) groups excluding carboxylic acids is 1. The Labute approximate surface area is 114 Å². The summed E-state index contributed by atoms with van der Waals surface area (Å²) in [6.07, 6.45) is 6.42. The first-order chi connectivity index (χ1) is 8.68. The second kappa shape index (κ2) is 6.24. The molecule has 1 aromatic carbocycles. The van der Waals surface area contributed by atoms with Crippen molar-refractivity contribution in [3.05, 3.63) is 28.8 Å². The largest absolute Gasteiger partial charge is 0.370 e. The number of nitrogens with zero attached hydrogens (tertiary/aromatic N) is 1. The van der Waals surface area contributed by atoms with Gasteiger partial charge in [-0.05, 0) is 38.0 Å². The number of hydrogen-bond acceptors (Lipinski definition) is 2. The van der Waals surface area contributed by atoms with Crippen LogP contribution in [0.2, 0.25) is 5.02 Å². The van der Waals surface area contributed by atoms with Gasteiger partial charge in [0.15, 0.2) is 5.78 Å². The normalized spacial score (nSPS) is 17.1. The SMILES string of the molecule is CC(=O)c1ccc(N2CCCCCCC2)c(Cl)c1. The molecule has 1 fully saturated rings. The molecule has 1 heterocycles. The Morgan fingerprint density at radius 3 is 2.28 bits per heavy atom. The molecule has 18 heavy (non-hydrogen) atoms. The van der Waals surface area contributed by atoms with Crippen molar-refractivity contribution in [2.24, 2.45) is 0 Å². The Balaban J connectivity index is 2.18. The molecule has 0 spiro atoms. The summed E-state index contributed by atoms with van der Waals surface area (Å²) in [5, 5.41) is 0.697. The molecule has 0 unspecified atom stereocenters. The molecule has 0 aromatic heterocycles. The number of rotatable bonds is 2. The van der Waals surface area contributed by atoms with Gasteiger partial charge in [-0.3, -0.25) is 4.79 Å². The van der Waals surface area contributed by atoms with Gasteiger partial charge in [0, 0.05) is 18.7 Å². The molecule has 0 amide bonds. The van der Waals surface area contributed by atoms with Crippen molar-refractivity contribution in [2.45, 2.75) is 39.0 Å². The zero-order valence-electron chi connectivity index (χ0n) is 10.9. The number of ketones is 1. The zero-order chi connectivity index (χ0) is 13.0. The minimum Gasteiger partial charge on any atom is -0.370 e. The van der Waals surface area contributed by atoms with Gasteiger partial charge in [0.25, 0.3) is 0 Å². The standard InChI is InChI=1S/C15H20ClNO/c1-12(18)13-7-8-15(14(16)11-13)17-9-5-3-2-4-6-10-17/h7-8,11H,2-6,9-10H2,1H3. The Bertz CT molecular complexity index is 423. The zero-order valence-corrected chi connectivity index (χ0v) is 11.7. The molecule has 0 radical (unpaired) electrons. The van der Waals surface area contributed by atoms with E-state index in [4.69, 9.17) is 11.6 Å². The first-order valence-electron chi connectivity index (χ1n) is 6.74. The van der Waals surface area contributed by atoms with Crippen molar-refractivity contribution in [3.8, 4) is 0 Å². The van der Waals surface area contributed by atoms with E-state index < -0.39 is 0 Å². The number of Topliss-reactive ketones (excluding diaryl/α,β-unsaturated/α-hetero) is 1. The van der Waals surface area contributed by atoms with E-state index in [1.54, 1.807) is 13.0 Å². The highest BCUT2D eigenvalue weighted by Crippen LogP contribution is 2.28. The molecule has 0 aliphatic carbocycles. The molecule has 1 saturated heterocycles. The molecule has 3 heteroatoms. The molecule has 2 nitrogen and oxygen atoms in total. The van der Waals surface area contributed by atoms with Gasteiger partial charge in [0.05, 0.1) is 10.7 Å². The van der Waals surface area contributed by atoms with Crippen LogP contribution >= 0.6 is 11.6 Å². The molecular formula is C15H20ClNO. The van der Waals surface area contributed by atoms with Crippen LogP contribution in [0.1, 0.15) is 49.4 Å². The highest BCUT2D eigenvalue weighted by molar-refractivity contribution is 6.33. The van der Waals surface area contributed by atoms with E-state index in [0.29, 0.717) is 10.6 Å². The Morgan fingerprint density at radius 1 is 1.11 bits per heavy atom. The molecule has 98 valence electrons. The summed E-state index contributed by atoms with van der Waals surface area (Å²) in [5.41, 5.74) is 1.76. The molecule has 0 atom stereocenters. The number of halogens is 1. The third kappa shape index (κ3) is 3.26. The lowest BCUT2D eigenvalue weighted by Gasteiger charge is -2.27. The monoisotopic (exact) mass is 265 g/mol. The Morgan fingerprint density at radius 2 is 1.72 bits per heavy atom. The fourth-order valence-electron chi connectivity index (χ4n) is 2.47. The quantitative estimate of drug-likeness (QED) is 0.743. The lowest BCUT2D eigenvalue weighted by atomic mass is 10.1. The third-order valence-corrected chi connectivity index (χ3v) is 3.85. The summed E-state index contributed by atoms with van der Waals surface area (Å²) in [6, 6.07) is 5.65. The first kappa shape index (κ1) is 13.4. The van der Waals surface area contributed by atoms with Crippen molar-refractivity contribution >= 4 is 23.1 Å². The van der Waals surface area contributed by atoms with Gasteiger partial charge in [-0.1, -0.05) is 30.9 Å². The average Bonchev–Trinajstić information content (AvgIpc) is 2.29. The summed E-state index contributed by atoms with van der Waals surface area (Å²) < 4.78 is 0. The maximum Gasteiger partial charge on any atom is 0.159 e. The van der Waals surface area contributed by atoms with Gasteiger partial charge in [0.2, 0.25) is 0 Å². The first-order valence-corrected chi connectivity index (χ1v) is 7.12. The van der Waals surface area contributed by atoms with Crippen molar-refractivity contribution < 1.29 is 4.79 Å². The summed E-state index contributed by atoms with van der Waals surface area (Å²) in [5.74, 6) is 0.0658. The van der Waals surface area contributed by atoms with Crippen LogP contribution in [0, 0.1) is 0 Å². The van der Waals surface area contributed by atoms with Gasteiger partial charge in [-0.15, -0.1) is 0 Å². The number of benzene rings is 1. The van der Waals surface area contributed by atoms with Gasteiger partial charge >= 0.3 is 0 Å². The van der Waals surface area contributed by atoms with E-state index in [0.717, 1.165) is 18.8 Å².